The second kappa shape index (κ2) is 9.26. The lowest BCUT2D eigenvalue weighted by Crippen LogP contribution is -2.40. The minimum absolute atomic E-state index is 0.227. The molecule has 0 bridgehead atoms. The molecule has 0 aliphatic heterocycles. The van der Waals surface area contributed by atoms with Crippen LogP contribution < -0.4 is 11.1 Å². The van der Waals surface area contributed by atoms with Crippen LogP contribution in [0.15, 0.2) is 0 Å². The number of carboxylic acids is 1. The number of rotatable bonds is 9. The first-order valence-electron chi connectivity index (χ1n) is 4.56. The van der Waals surface area contributed by atoms with E-state index >= 15 is 0 Å². The van der Waals surface area contributed by atoms with Crippen molar-refractivity contribution >= 4 is 17.7 Å². The average molecular weight is 222 g/mol. The number of aliphatic carboxylic acids is 1. The van der Waals surface area contributed by atoms with Gasteiger partial charge in [-0.25, -0.2) is 0 Å². The third kappa shape index (κ3) is 8.31. The van der Waals surface area contributed by atoms with Crippen LogP contribution >= 0.6 is 11.8 Å². The summed E-state index contributed by atoms with van der Waals surface area (Å²) in [4.78, 5) is 10.3. The first-order valence-corrected chi connectivity index (χ1v) is 5.71. The molecule has 0 heterocycles. The molecule has 0 saturated carbocycles. The molecule has 0 aromatic carbocycles. The van der Waals surface area contributed by atoms with Crippen molar-refractivity contribution in [2.75, 3.05) is 31.2 Å². The highest BCUT2D eigenvalue weighted by Crippen LogP contribution is 1.99. The highest BCUT2D eigenvalue weighted by atomic mass is 32.2. The van der Waals surface area contributed by atoms with Gasteiger partial charge in [-0.1, -0.05) is 0 Å². The van der Waals surface area contributed by atoms with E-state index in [2.05, 4.69) is 5.32 Å². The quantitative estimate of drug-likeness (QED) is 0.378. The van der Waals surface area contributed by atoms with Crippen molar-refractivity contribution in [2.45, 2.75) is 12.5 Å². The van der Waals surface area contributed by atoms with E-state index < -0.39 is 12.0 Å². The number of aliphatic hydroxyl groups excluding tert-OH is 1. The summed E-state index contributed by atoms with van der Waals surface area (Å²) < 4.78 is 0. The van der Waals surface area contributed by atoms with Crippen molar-refractivity contribution in [3.05, 3.63) is 0 Å². The van der Waals surface area contributed by atoms with Crippen molar-refractivity contribution in [2.24, 2.45) is 5.73 Å². The Morgan fingerprint density at radius 2 is 2.21 bits per heavy atom. The predicted octanol–water partition coefficient (Wildman–Crippen LogP) is -0.896. The summed E-state index contributed by atoms with van der Waals surface area (Å²) in [7, 11) is 0. The van der Waals surface area contributed by atoms with E-state index in [4.69, 9.17) is 15.9 Å². The van der Waals surface area contributed by atoms with Gasteiger partial charge in [-0.2, -0.15) is 11.8 Å². The van der Waals surface area contributed by atoms with Gasteiger partial charge in [-0.05, 0) is 12.2 Å². The third-order valence-electron chi connectivity index (χ3n) is 1.55. The van der Waals surface area contributed by atoms with E-state index in [9.17, 15) is 4.79 Å². The van der Waals surface area contributed by atoms with E-state index in [1.165, 1.54) is 0 Å². The number of nitrogens with one attached hydrogen (secondary N) is 1. The number of aliphatic hydroxyl groups is 1. The van der Waals surface area contributed by atoms with E-state index in [0.29, 0.717) is 6.54 Å². The smallest absolute Gasteiger partial charge is 0.321 e. The maximum atomic E-state index is 10.3. The number of hydrogen-bond donors (Lipinski definition) is 4. The van der Waals surface area contributed by atoms with Crippen LogP contribution in [0.1, 0.15) is 6.42 Å². The molecule has 5 N–H and O–H groups in total. The van der Waals surface area contributed by atoms with Gasteiger partial charge in [0.2, 0.25) is 0 Å². The van der Waals surface area contributed by atoms with Crippen molar-refractivity contribution in [3.63, 3.8) is 0 Å². The van der Waals surface area contributed by atoms with Crippen LogP contribution in [0.2, 0.25) is 0 Å². The molecule has 1 atom stereocenters. The van der Waals surface area contributed by atoms with Crippen LogP contribution in [-0.2, 0) is 4.79 Å². The molecule has 5 nitrogen and oxygen atoms in total. The lowest BCUT2D eigenvalue weighted by atomic mass is 10.3. The lowest BCUT2D eigenvalue weighted by Gasteiger charge is -2.07. The molecule has 6 heteroatoms. The summed E-state index contributed by atoms with van der Waals surface area (Å²) in [6, 6.07) is -0.822. The molecular formula is C8H18N2O3S. The maximum Gasteiger partial charge on any atom is 0.321 e. The summed E-state index contributed by atoms with van der Waals surface area (Å²) in [6.07, 6.45) is 0.805. The number of thioether (sulfide) groups is 1. The largest absolute Gasteiger partial charge is 0.480 e. The number of carboxylic acid groups (broad SMARTS) is 1. The topological polar surface area (TPSA) is 95.6 Å². The Bertz CT molecular complexity index is 158. The Balaban J connectivity index is 3.09. The molecule has 0 saturated heterocycles. The average Bonchev–Trinajstić information content (AvgIpc) is 2.16. The molecule has 0 amide bonds. The van der Waals surface area contributed by atoms with E-state index in [1.807, 2.05) is 0 Å². The fourth-order valence-corrected chi connectivity index (χ4v) is 1.58. The maximum absolute atomic E-state index is 10.3. The zero-order valence-corrected chi connectivity index (χ0v) is 8.92. The van der Waals surface area contributed by atoms with Gasteiger partial charge in [0.1, 0.15) is 6.04 Å². The predicted molar refractivity (Wildman–Crippen MR) is 57.5 cm³/mol. The highest BCUT2D eigenvalue weighted by Gasteiger charge is 2.09. The second-order valence-electron chi connectivity index (χ2n) is 2.84. The summed E-state index contributed by atoms with van der Waals surface area (Å²) in [6.45, 7) is 1.28. The minimum atomic E-state index is -0.981. The molecule has 14 heavy (non-hydrogen) atoms. The van der Waals surface area contributed by atoms with Crippen molar-refractivity contribution in [1.82, 2.24) is 5.32 Å². The van der Waals surface area contributed by atoms with Gasteiger partial charge in [-0.15, -0.1) is 0 Å². The zero-order valence-electron chi connectivity index (χ0n) is 8.11. The van der Waals surface area contributed by atoms with Crippen LogP contribution in [0.4, 0.5) is 0 Å². The van der Waals surface area contributed by atoms with Gasteiger partial charge >= 0.3 is 5.97 Å². The Labute approximate surface area is 88.1 Å². The first kappa shape index (κ1) is 13.7. The van der Waals surface area contributed by atoms with Gasteiger partial charge in [0, 0.05) is 25.4 Å². The summed E-state index contributed by atoms with van der Waals surface area (Å²) in [5.41, 5.74) is 5.28. The summed E-state index contributed by atoms with van der Waals surface area (Å²) in [5.74, 6) is 0.862. The van der Waals surface area contributed by atoms with Crippen molar-refractivity contribution in [3.8, 4) is 0 Å². The lowest BCUT2D eigenvalue weighted by molar-refractivity contribution is -0.138. The number of hydrogen-bond acceptors (Lipinski definition) is 5. The zero-order chi connectivity index (χ0) is 10.8. The molecule has 0 aromatic rings. The molecule has 84 valence electrons. The second-order valence-corrected chi connectivity index (χ2v) is 4.06. The van der Waals surface area contributed by atoms with Gasteiger partial charge < -0.3 is 21.3 Å². The SMILES string of the molecule is NC(CNCCSCCCO)C(=O)O. The van der Waals surface area contributed by atoms with E-state index in [1.54, 1.807) is 11.8 Å². The minimum Gasteiger partial charge on any atom is -0.480 e. The summed E-state index contributed by atoms with van der Waals surface area (Å²) in [5, 5.41) is 19.9. The van der Waals surface area contributed by atoms with Crippen LogP contribution in [0.25, 0.3) is 0 Å². The molecule has 0 radical (unpaired) electrons. The third-order valence-corrected chi connectivity index (χ3v) is 2.62. The van der Waals surface area contributed by atoms with Crippen LogP contribution in [0, 0.1) is 0 Å². The first-order chi connectivity index (χ1) is 6.68. The number of carbonyl (C=O) groups is 1. The van der Waals surface area contributed by atoms with E-state index in [-0.39, 0.29) is 6.61 Å². The van der Waals surface area contributed by atoms with Gasteiger partial charge in [-0.3, -0.25) is 4.79 Å². The monoisotopic (exact) mass is 222 g/mol. The Morgan fingerprint density at radius 3 is 2.79 bits per heavy atom. The molecule has 0 rings (SSSR count). The Hall–Kier alpha value is -0.300. The fourth-order valence-electron chi connectivity index (χ4n) is 0.758. The van der Waals surface area contributed by atoms with Gasteiger partial charge in [0.25, 0.3) is 0 Å². The molecule has 0 spiro atoms. The van der Waals surface area contributed by atoms with Crippen LogP contribution in [0.5, 0.6) is 0 Å². The molecule has 0 aliphatic rings. The van der Waals surface area contributed by atoms with Crippen molar-refractivity contribution in [1.29, 1.82) is 0 Å². The standard InChI is InChI=1S/C8H18N2O3S/c9-7(8(12)13)6-10-2-5-14-4-1-3-11/h7,10-11H,1-6,9H2,(H,12,13). The summed E-state index contributed by atoms with van der Waals surface area (Å²) >= 11 is 1.73. The van der Waals surface area contributed by atoms with E-state index in [0.717, 1.165) is 24.5 Å². The fraction of sp³-hybridized carbons (Fsp3) is 0.875. The van der Waals surface area contributed by atoms with Crippen LogP contribution in [0.3, 0.4) is 0 Å². The molecular weight excluding hydrogens is 204 g/mol. The van der Waals surface area contributed by atoms with Crippen LogP contribution in [-0.4, -0.2) is 53.4 Å². The molecule has 1 unspecified atom stereocenters. The number of nitrogens with two attached hydrogens (primary N) is 1. The molecule has 0 aliphatic carbocycles. The highest BCUT2D eigenvalue weighted by molar-refractivity contribution is 7.99. The Kier molecular flexibility index (Phi) is 9.06. The van der Waals surface area contributed by atoms with Gasteiger partial charge in [0.05, 0.1) is 0 Å². The normalized spacial score (nSPS) is 12.7. The van der Waals surface area contributed by atoms with Gasteiger partial charge in [0.15, 0.2) is 0 Å². The Morgan fingerprint density at radius 1 is 1.50 bits per heavy atom. The molecule has 0 fully saturated rings. The molecule has 0 aromatic heterocycles. The van der Waals surface area contributed by atoms with Crippen molar-refractivity contribution < 1.29 is 15.0 Å².